The summed E-state index contributed by atoms with van der Waals surface area (Å²) in [6.45, 7) is 6.07. The SMILES string of the molecule is CN=C(NCc1ccnc(N2CCCC2)c1)N1CCN(c2ccccc2F)CC1.I. The number of nitrogens with one attached hydrogen (secondary N) is 1. The van der Waals surface area contributed by atoms with Crippen molar-refractivity contribution in [2.75, 3.05) is 56.1 Å². The number of piperazine rings is 1. The van der Waals surface area contributed by atoms with Crippen molar-refractivity contribution in [1.29, 1.82) is 0 Å². The van der Waals surface area contributed by atoms with Gasteiger partial charge >= 0.3 is 0 Å². The summed E-state index contributed by atoms with van der Waals surface area (Å²) in [6.07, 6.45) is 4.38. The minimum absolute atomic E-state index is 0. The van der Waals surface area contributed by atoms with E-state index >= 15 is 0 Å². The molecule has 2 aromatic rings. The Balaban J connectivity index is 0.00000256. The summed E-state index contributed by atoms with van der Waals surface area (Å²) in [5.74, 6) is 1.79. The summed E-state index contributed by atoms with van der Waals surface area (Å²) in [6, 6.07) is 11.2. The molecular formula is C22H30FIN6. The lowest BCUT2D eigenvalue weighted by Gasteiger charge is -2.37. The van der Waals surface area contributed by atoms with Crippen molar-refractivity contribution in [2.24, 2.45) is 4.99 Å². The van der Waals surface area contributed by atoms with E-state index in [9.17, 15) is 4.39 Å². The number of benzene rings is 1. The summed E-state index contributed by atoms with van der Waals surface area (Å²) >= 11 is 0. The number of anilines is 2. The molecule has 0 aliphatic carbocycles. The zero-order valence-corrected chi connectivity index (χ0v) is 19.8. The van der Waals surface area contributed by atoms with Gasteiger partial charge in [0.15, 0.2) is 5.96 Å². The van der Waals surface area contributed by atoms with Crippen LogP contribution < -0.4 is 15.1 Å². The Morgan fingerprint density at radius 3 is 2.47 bits per heavy atom. The Kier molecular flexibility index (Phi) is 8.12. The summed E-state index contributed by atoms with van der Waals surface area (Å²) in [5.41, 5.74) is 1.88. The largest absolute Gasteiger partial charge is 0.366 e. The molecule has 0 amide bonds. The molecule has 2 saturated heterocycles. The molecule has 8 heteroatoms. The van der Waals surface area contributed by atoms with Crippen LogP contribution in [0.3, 0.4) is 0 Å². The van der Waals surface area contributed by atoms with Gasteiger partial charge in [0.05, 0.1) is 5.69 Å². The van der Waals surface area contributed by atoms with Crippen LogP contribution in [0.15, 0.2) is 47.6 Å². The van der Waals surface area contributed by atoms with Gasteiger partial charge in [-0.2, -0.15) is 0 Å². The molecule has 0 bridgehead atoms. The average Bonchev–Trinajstić information content (AvgIpc) is 3.30. The fourth-order valence-electron chi connectivity index (χ4n) is 4.07. The van der Waals surface area contributed by atoms with Crippen molar-refractivity contribution >= 4 is 41.4 Å². The minimum Gasteiger partial charge on any atom is -0.366 e. The number of guanidine groups is 1. The van der Waals surface area contributed by atoms with E-state index in [1.165, 1.54) is 24.5 Å². The molecule has 0 atom stereocenters. The monoisotopic (exact) mass is 524 g/mol. The Hall–Kier alpha value is -2.10. The second-order valence-electron chi connectivity index (χ2n) is 7.54. The number of para-hydroxylation sites is 1. The molecule has 3 heterocycles. The average molecular weight is 524 g/mol. The Bertz CT molecular complexity index is 847. The quantitative estimate of drug-likeness (QED) is 0.378. The highest BCUT2D eigenvalue weighted by molar-refractivity contribution is 14.0. The fourth-order valence-corrected chi connectivity index (χ4v) is 4.07. The normalized spacial score (nSPS) is 17.1. The van der Waals surface area contributed by atoms with Gasteiger partial charge < -0.3 is 20.0 Å². The highest BCUT2D eigenvalue weighted by atomic mass is 127. The molecule has 1 aromatic heterocycles. The highest BCUT2D eigenvalue weighted by Gasteiger charge is 2.21. The molecule has 2 fully saturated rings. The number of aromatic nitrogens is 1. The van der Waals surface area contributed by atoms with E-state index < -0.39 is 0 Å². The first-order valence-electron chi connectivity index (χ1n) is 10.4. The van der Waals surface area contributed by atoms with Gasteiger partial charge in [0.1, 0.15) is 11.6 Å². The molecule has 4 rings (SSSR count). The molecule has 1 N–H and O–H groups in total. The predicted molar refractivity (Wildman–Crippen MR) is 131 cm³/mol. The van der Waals surface area contributed by atoms with E-state index in [1.54, 1.807) is 6.07 Å². The lowest BCUT2D eigenvalue weighted by molar-refractivity contribution is 0.370. The minimum atomic E-state index is -0.157. The first kappa shape index (κ1) is 22.6. The van der Waals surface area contributed by atoms with E-state index in [2.05, 4.69) is 42.1 Å². The molecule has 0 unspecified atom stereocenters. The van der Waals surface area contributed by atoms with Crippen molar-refractivity contribution in [3.63, 3.8) is 0 Å². The summed E-state index contributed by atoms with van der Waals surface area (Å²) in [7, 11) is 1.81. The molecule has 6 nitrogen and oxygen atoms in total. The molecule has 2 aliphatic rings. The Morgan fingerprint density at radius 1 is 1.03 bits per heavy atom. The van der Waals surface area contributed by atoms with Crippen molar-refractivity contribution in [3.8, 4) is 0 Å². The third-order valence-electron chi connectivity index (χ3n) is 5.67. The van der Waals surface area contributed by atoms with Crippen LogP contribution in [0.4, 0.5) is 15.9 Å². The van der Waals surface area contributed by atoms with Gasteiger partial charge in [0.25, 0.3) is 0 Å². The van der Waals surface area contributed by atoms with Crippen LogP contribution >= 0.6 is 24.0 Å². The van der Waals surface area contributed by atoms with E-state index in [1.807, 2.05) is 25.4 Å². The van der Waals surface area contributed by atoms with Crippen molar-refractivity contribution in [2.45, 2.75) is 19.4 Å². The summed E-state index contributed by atoms with van der Waals surface area (Å²) in [4.78, 5) is 15.7. The van der Waals surface area contributed by atoms with Gasteiger partial charge in [0, 0.05) is 59.1 Å². The van der Waals surface area contributed by atoms with Crippen LogP contribution in [0.1, 0.15) is 18.4 Å². The number of rotatable bonds is 4. The van der Waals surface area contributed by atoms with Crippen molar-refractivity contribution < 1.29 is 4.39 Å². The van der Waals surface area contributed by atoms with Crippen molar-refractivity contribution in [3.05, 3.63) is 54.0 Å². The highest BCUT2D eigenvalue weighted by Crippen LogP contribution is 2.21. The van der Waals surface area contributed by atoms with E-state index in [0.29, 0.717) is 12.2 Å². The molecule has 2 aliphatic heterocycles. The molecular weight excluding hydrogens is 494 g/mol. The molecule has 30 heavy (non-hydrogen) atoms. The van der Waals surface area contributed by atoms with E-state index in [4.69, 9.17) is 0 Å². The predicted octanol–water partition coefficient (Wildman–Crippen LogP) is 3.34. The standard InChI is InChI=1S/C22H29FN6.HI/c1-24-22(26-17-18-8-9-25-21(16-18)28-10-4-5-11-28)29-14-12-27(13-15-29)20-7-3-2-6-19(20)23;/h2-3,6-9,16H,4-5,10-15,17H2,1H3,(H,24,26);1H. The van der Waals surface area contributed by atoms with Gasteiger partial charge in [-0.1, -0.05) is 12.1 Å². The van der Waals surface area contributed by atoms with Gasteiger partial charge in [-0.3, -0.25) is 4.99 Å². The maximum Gasteiger partial charge on any atom is 0.194 e. The first-order chi connectivity index (χ1) is 14.2. The van der Waals surface area contributed by atoms with Gasteiger partial charge in [-0.05, 0) is 42.7 Å². The van der Waals surface area contributed by atoms with Gasteiger partial charge in [-0.25, -0.2) is 9.37 Å². The maximum atomic E-state index is 14.0. The van der Waals surface area contributed by atoms with Crippen LogP contribution in [-0.2, 0) is 6.54 Å². The van der Waals surface area contributed by atoms with Crippen LogP contribution in [0.5, 0.6) is 0 Å². The summed E-state index contributed by atoms with van der Waals surface area (Å²) in [5, 5.41) is 3.48. The van der Waals surface area contributed by atoms with Crippen LogP contribution in [0.2, 0.25) is 0 Å². The number of nitrogens with zero attached hydrogens (tertiary/aromatic N) is 5. The summed E-state index contributed by atoms with van der Waals surface area (Å²) < 4.78 is 14.0. The van der Waals surface area contributed by atoms with Crippen molar-refractivity contribution in [1.82, 2.24) is 15.2 Å². The fraction of sp³-hybridized carbons (Fsp3) is 0.455. The lowest BCUT2D eigenvalue weighted by atomic mass is 10.2. The number of aliphatic imine (C=N–C) groups is 1. The van der Waals surface area contributed by atoms with E-state index in [-0.39, 0.29) is 29.8 Å². The lowest BCUT2D eigenvalue weighted by Crippen LogP contribution is -2.52. The number of hydrogen-bond acceptors (Lipinski definition) is 4. The number of hydrogen-bond donors (Lipinski definition) is 1. The number of halogens is 2. The molecule has 0 spiro atoms. The van der Waals surface area contributed by atoms with Crippen LogP contribution in [0, 0.1) is 5.82 Å². The second-order valence-corrected chi connectivity index (χ2v) is 7.54. The van der Waals surface area contributed by atoms with Gasteiger partial charge in [-0.15, -0.1) is 24.0 Å². The molecule has 1 aromatic carbocycles. The zero-order chi connectivity index (χ0) is 20.1. The van der Waals surface area contributed by atoms with Gasteiger partial charge in [0.2, 0.25) is 0 Å². The number of pyridine rings is 1. The molecule has 162 valence electrons. The Labute approximate surface area is 195 Å². The maximum absolute atomic E-state index is 14.0. The van der Waals surface area contributed by atoms with E-state index in [0.717, 1.165) is 51.0 Å². The first-order valence-corrected chi connectivity index (χ1v) is 10.4. The topological polar surface area (TPSA) is 47.0 Å². The van der Waals surface area contributed by atoms with Crippen LogP contribution in [-0.4, -0.2) is 62.2 Å². The Morgan fingerprint density at radius 2 is 1.77 bits per heavy atom. The second kappa shape index (κ2) is 10.8. The third-order valence-corrected chi connectivity index (χ3v) is 5.67. The molecule has 0 radical (unpaired) electrons. The zero-order valence-electron chi connectivity index (χ0n) is 17.4. The smallest absolute Gasteiger partial charge is 0.194 e. The van der Waals surface area contributed by atoms with Crippen LogP contribution in [0.25, 0.3) is 0 Å². The third kappa shape index (κ3) is 5.33. The molecule has 0 saturated carbocycles.